The average molecular weight is 698 g/mol. The zero-order valence-electron chi connectivity index (χ0n) is 23.1. The zero-order chi connectivity index (χ0) is 27.0. The molecule has 6 aromatic rings. The Morgan fingerprint density at radius 1 is 0.775 bits per heavy atom. The number of nitrogens with zero attached hydrogens (tertiary/aromatic N) is 3. The van der Waals surface area contributed by atoms with Crippen LogP contribution in [0.3, 0.4) is 0 Å². The van der Waals surface area contributed by atoms with E-state index in [2.05, 4.69) is 115 Å². The van der Waals surface area contributed by atoms with Crippen LogP contribution < -0.4 is 4.57 Å². The summed E-state index contributed by atoms with van der Waals surface area (Å²) in [6, 6.07) is 42.0. The van der Waals surface area contributed by atoms with E-state index in [0.29, 0.717) is 5.92 Å². The molecule has 40 heavy (non-hydrogen) atoms. The largest absolute Gasteiger partial charge is 3.00 e. The van der Waals surface area contributed by atoms with Gasteiger partial charge in [0, 0.05) is 6.20 Å². The predicted octanol–water partition coefficient (Wildman–Crippen LogP) is 7.82. The third-order valence-electron chi connectivity index (χ3n) is 7.55. The van der Waals surface area contributed by atoms with E-state index in [4.69, 9.17) is 0 Å². The Morgan fingerprint density at radius 2 is 1.52 bits per heavy atom. The van der Waals surface area contributed by atoms with Gasteiger partial charge in [-0.25, -0.2) is 0 Å². The minimum absolute atomic E-state index is 0. The molecular weight excluding hydrogens is 667 g/mol. The van der Waals surface area contributed by atoms with Crippen molar-refractivity contribution in [3.8, 4) is 22.6 Å². The number of rotatable bonds is 3. The Balaban J connectivity index is 0.000000209. The van der Waals surface area contributed by atoms with Gasteiger partial charge in [0.25, 0.3) is 6.33 Å². The first kappa shape index (κ1) is 27.7. The van der Waals surface area contributed by atoms with E-state index in [0.717, 1.165) is 22.6 Å². The summed E-state index contributed by atoms with van der Waals surface area (Å²) in [5.74, 6) is 0.533. The minimum atomic E-state index is -0.0614. The Bertz CT molecular complexity index is 1700. The molecule has 3 heterocycles. The number of para-hydroxylation sites is 2. The van der Waals surface area contributed by atoms with Crippen LogP contribution >= 0.6 is 0 Å². The van der Waals surface area contributed by atoms with Gasteiger partial charge in [-0.2, -0.15) is 24.3 Å². The number of hydrogen-bond acceptors (Lipinski definition) is 1. The summed E-state index contributed by atoms with van der Waals surface area (Å²) in [5, 5.41) is 0. The summed E-state index contributed by atoms with van der Waals surface area (Å²) in [4.78, 5) is 4.22. The second-order valence-corrected chi connectivity index (χ2v) is 10.7. The molecule has 0 spiro atoms. The van der Waals surface area contributed by atoms with Crippen LogP contribution in [0.25, 0.3) is 33.7 Å². The average Bonchev–Trinajstić information content (AvgIpc) is 3.38. The smallest absolute Gasteiger partial charge is 0.314 e. The van der Waals surface area contributed by atoms with Gasteiger partial charge in [0.1, 0.15) is 0 Å². The third kappa shape index (κ3) is 4.94. The second-order valence-electron chi connectivity index (χ2n) is 10.7. The number of pyridine rings is 1. The molecule has 0 atom stereocenters. The van der Waals surface area contributed by atoms with Crippen LogP contribution in [0.4, 0.5) is 0 Å². The van der Waals surface area contributed by atoms with Crippen LogP contribution in [0, 0.1) is 18.5 Å². The SMILES string of the molecule is CC(C)c1ccc(-n2[c-][n+]3c4c(cccc42)C(C)(C)c2ccc[c-]c2-3)cc1.[Ir+3].[c-]1ccccc1-c1ccccn1. The van der Waals surface area contributed by atoms with E-state index in [1.54, 1.807) is 6.20 Å². The first-order chi connectivity index (χ1) is 18.9. The molecule has 2 aromatic heterocycles. The summed E-state index contributed by atoms with van der Waals surface area (Å²) >= 11 is 0. The maximum Gasteiger partial charge on any atom is 3.00 e. The van der Waals surface area contributed by atoms with Crippen molar-refractivity contribution in [3.63, 3.8) is 0 Å². The van der Waals surface area contributed by atoms with E-state index in [1.165, 1.54) is 27.7 Å². The molecular formula is C36H31IrN3+. The molecule has 0 amide bonds. The molecule has 0 saturated heterocycles. The quantitative estimate of drug-likeness (QED) is 0.137. The maximum atomic E-state index is 4.22. The van der Waals surface area contributed by atoms with E-state index in [1.807, 2.05) is 48.5 Å². The standard InChI is InChI=1S/C25H23N2.C11H8N.Ir/c1-17(2)18-12-14-19(15-13-18)26-16-27-22-10-6-5-8-20(22)25(3,4)21-9-7-11-23(26)24(21)27;1-2-6-10(7-3-1)11-8-4-5-9-12-11;/h5-9,11-15,17H,1-4H3;1-6,8-9H;/q2*-1;+3. The van der Waals surface area contributed by atoms with Crippen LogP contribution in [0.2, 0.25) is 0 Å². The Kier molecular flexibility index (Phi) is 7.85. The minimum Gasteiger partial charge on any atom is -0.314 e. The normalized spacial score (nSPS) is 12.7. The fourth-order valence-corrected chi connectivity index (χ4v) is 5.36. The van der Waals surface area contributed by atoms with Crippen molar-refractivity contribution in [2.24, 2.45) is 0 Å². The van der Waals surface area contributed by atoms with Crippen molar-refractivity contribution in [2.45, 2.75) is 39.0 Å². The fourth-order valence-electron chi connectivity index (χ4n) is 5.36. The monoisotopic (exact) mass is 698 g/mol. The van der Waals surface area contributed by atoms with E-state index >= 15 is 0 Å². The van der Waals surface area contributed by atoms with Crippen LogP contribution in [-0.2, 0) is 25.5 Å². The summed E-state index contributed by atoms with van der Waals surface area (Å²) in [6.45, 7) is 9.05. The van der Waals surface area contributed by atoms with Crippen molar-refractivity contribution in [1.29, 1.82) is 0 Å². The van der Waals surface area contributed by atoms with Crippen LogP contribution in [0.5, 0.6) is 0 Å². The maximum absolute atomic E-state index is 4.22. The van der Waals surface area contributed by atoms with Gasteiger partial charge in [-0.1, -0.05) is 70.2 Å². The number of fused-ring (bicyclic) bond motifs is 2. The fraction of sp³-hybridized carbons (Fsp3) is 0.167. The summed E-state index contributed by atoms with van der Waals surface area (Å²) in [6.07, 6.45) is 5.38. The van der Waals surface area contributed by atoms with Gasteiger partial charge in [0.15, 0.2) is 0 Å². The summed E-state index contributed by atoms with van der Waals surface area (Å²) in [5.41, 5.74) is 10.6. The van der Waals surface area contributed by atoms with Crippen molar-refractivity contribution in [3.05, 3.63) is 144 Å². The number of imidazole rings is 1. The molecule has 0 radical (unpaired) electrons. The van der Waals surface area contributed by atoms with Gasteiger partial charge >= 0.3 is 20.1 Å². The molecule has 4 heteroatoms. The number of hydrogen-bond donors (Lipinski definition) is 0. The van der Waals surface area contributed by atoms with Crippen molar-refractivity contribution >= 4 is 11.0 Å². The summed E-state index contributed by atoms with van der Waals surface area (Å²) in [7, 11) is 0. The van der Waals surface area contributed by atoms with Gasteiger partial charge in [-0.05, 0) is 52.0 Å². The van der Waals surface area contributed by atoms with Crippen molar-refractivity contribution < 1.29 is 24.7 Å². The molecule has 4 aromatic carbocycles. The van der Waals surface area contributed by atoms with Gasteiger partial charge in [-0.3, -0.25) is 4.57 Å². The van der Waals surface area contributed by atoms with Crippen LogP contribution in [0.1, 0.15) is 50.3 Å². The van der Waals surface area contributed by atoms with Crippen molar-refractivity contribution in [1.82, 2.24) is 9.55 Å². The van der Waals surface area contributed by atoms with Gasteiger partial charge in [-0.15, -0.1) is 41.5 Å². The summed E-state index contributed by atoms with van der Waals surface area (Å²) < 4.78 is 4.36. The molecule has 1 aliphatic rings. The molecule has 0 N–H and O–H groups in total. The molecule has 3 nitrogen and oxygen atoms in total. The number of benzene rings is 4. The predicted molar refractivity (Wildman–Crippen MR) is 157 cm³/mol. The zero-order valence-corrected chi connectivity index (χ0v) is 25.5. The first-order valence-electron chi connectivity index (χ1n) is 13.4. The van der Waals surface area contributed by atoms with Crippen molar-refractivity contribution in [2.75, 3.05) is 0 Å². The van der Waals surface area contributed by atoms with E-state index in [9.17, 15) is 0 Å². The third-order valence-corrected chi connectivity index (χ3v) is 7.55. The van der Waals surface area contributed by atoms with E-state index < -0.39 is 0 Å². The molecule has 0 bridgehead atoms. The van der Waals surface area contributed by atoms with E-state index in [-0.39, 0.29) is 25.5 Å². The van der Waals surface area contributed by atoms with Gasteiger partial charge in [0.2, 0.25) is 0 Å². The van der Waals surface area contributed by atoms with Gasteiger partial charge < -0.3 is 9.55 Å². The Hall–Kier alpha value is -3.85. The second kappa shape index (κ2) is 11.3. The topological polar surface area (TPSA) is 21.7 Å². The Morgan fingerprint density at radius 3 is 2.23 bits per heavy atom. The molecule has 0 fully saturated rings. The number of aromatic nitrogens is 3. The molecule has 0 saturated carbocycles. The molecule has 198 valence electrons. The molecule has 0 aliphatic carbocycles. The first-order valence-corrected chi connectivity index (χ1v) is 13.4. The Labute approximate surface area is 250 Å². The van der Waals surface area contributed by atoms with Crippen LogP contribution in [-0.4, -0.2) is 9.55 Å². The molecule has 7 rings (SSSR count). The molecule has 0 unspecified atom stereocenters. The molecule has 1 aliphatic heterocycles. The van der Waals surface area contributed by atoms with Crippen LogP contribution in [0.15, 0.2) is 109 Å². The van der Waals surface area contributed by atoms with Gasteiger partial charge in [0.05, 0.1) is 16.7 Å².